The lowest BCUT2D eigenvalue weighted by atomic mass is 10.2. The number of rotatable bonds is 9. The van der Waals surface area contributed by atoms with E-state index in [0.29, 0.717) is 46.6 Å². The Morgan fingerprint density at radius 1 is 1.33 bits per heavy atom. The molecule has 33 heavy (non-hydrogen) atoms. The molecule has 1 aliphatic heterocycles. The van der Waals surface area contributed by atoms with Crippen molar-refractivity contribution in [1.29, 1.82) is 0 Å². The summed E-state index contributed by atoms with van der Waals surface area (Å²) in [5, 5.41) is 5.88. The molecule has 174 valence electrons. The molecule has 3 heterocycles. The van der Waals surface area contributed by atoms with Crippen molar-refractivity contribution in [1.82, 2.24) is 14.5 Å². The van der Waals surface area contributed by atoms with E-state index in [1.165, 1.54) is 23.1 Å². The van der Waals surface area contributed by atoms with Crippen LogP contribution in [0, 0.1) is 0 Å². The van der Waals surface area contributed by atoms with E-state index in [1.54, 1.807) is 29.0 Å². The van der Waals surface area contributed by atoms with Crippen molar-refractivity contribution in [3.63, 3.8) is 0 Å². The number of aromatic nitrogens is 3. The Morgan fingerprint density at radius 3 is 2.97 bits per heavy atom. The van der Waals surface area contributed by atoms with Gasteiger partial charge in [0, 0.05) is 12.0 Å². The number of hydrogen-bond acceptors (Lipinski definition) is 9. The number of hydrogen-bond donors (Lipinski definition) is 1. The van der Waals surface area contributed by atoms with Gasteiger partial charge in [-0.25, -0.2) is 9.97 Å². The van der Waals surface area contributed by atoms with E-state index in [2.05, 4.69) is 15.3 Å². The van der Waals surface area contributed by atoms with Crippen LogP contribution in [0.15, 0.2) is 39.6 Å². The average molecular weight is 489 g/mol. The Hall–Kier alpha value is -2.76. The van der Waals surface area contributed by atoms with Gasteiger partial charge in [-0.2, -0.15) is 0 Å². The van der Waals surface area contributed by atoms with Crippen LogP contribution in [0.5, 0.6) is 0 Å². The number of nitrogens with zero attached hydrogens (tertiary/aromatic N) is 3. The van der Waals surface area contributed by atoms with Crippen molar-refractivity contribution >= 4 is 51.0 Å². The molecule has 0 spiro atoms. The van der Waals surface area contributed by atoms with Crippen LogP contribution in [0.4, 0.5) is 5.13 Å². The maximum Gasteiger partial charge on any atom is 0.311 e. The highest BCUT2D eigenvalue weighted by Crippen LogP contribution is 2.22. The third-order valence-corrected chi connectivity index (χ3v) is 6.78. The number of esters is 1. The third kappa shape index (κ3) is 5.98. The monoisotopic (exact) mass is 488 g/mol. The fourth-order valence-electron chi connectivity index (χ4n) is 3.50. The molecule has 2 aromatic heterocycles. The van der Waals surface area contributed by atoms with Gasteiger partial charge in [0.15, 0.2) is 10.3 Å². The Kier molecular flexibility index (Phi) is 7.73. The molecule has 1 unspecified atom stereocenters. The van der Waals surface area contributed by atoms with Crippen LogP contribution in [0.3, 0.4) is 0 Å². The van der Waals surface area contributed by atoms with Crippen molar-refractivity contribution in [2.75, 3.05) is 24.3 Å². The number of thiazole rings is 1. The topological polar surface area (TPSA) is 112 Å². The van der Waals surface area contributed by atoms with E-state index >= 15 is 0 Å². The van der Waals surface area contributed by atoms with Crippen molar-refractivity contribution in [3.8, 4) is 0 Å². The summed E-state index contributed by atoms with van der Waals surface area (Å²) < 4.78 is 12.2. The van der Waals surface area contributed by atoms with Gasteiger partial charge in [-0.05, 0) is 31.9 Å². The summed E-state index contributed by atoms with van der Waals surface area (Å²) in [5.41, 5.74) is 1.00. The summed E-state index contributed by atoms with van der Waals surface area (Å²) in [7, 11) is 0. The summed E-state index contributed by atoms with van der Waals surface area (Å²) in [6.45, 7) is 3.15. The second kappa shape index (κ2) is 10.9. The highest BCUT2D eigenvalue weighted by molar-refractivity contribution is 7.99. The Bertz CT molecular complexity index is 1200. The minimum absolute atomic E-state index is 0.0352. The van der Waals surface area contributed by atoms with E-state index in [1.807, 2.05) is 12.1 Å². The first-order chi connectivity index (χ1) is 16.0. The molecule has 1 N–H and O–H groups in total. The van der Waals surface area contributed by atoms with Crippen LogP contribution < -0.4 is 10.9 Å². The van der Waals surface area contributed by atoms with Gasteiger partial charge in [-0.1, -0.05) is 23.9 Å². The number of nitrogens with one attached hydrogen (secondary N) is 1. The van der Waals surface area contributed by atoms with Crippen molar-refractivity contribution in [2.24, 2.45) is 0 Å². The number of amides is 1. The zero-order valence-electron chi connectivity index (χ0n) is 18.1. The summed E-state index contributed by atoms with van der Waals surface area (Å²) >= 11 is 2.44. The van der Waals surface area contributed by atoms with Gasteiger partial charge in [-0.3, -0.25) is 19.0 Å². The third-order valence-electron chi connectivity index (χ3n) is 5.00. The van der Waals surface area contributed by atoms with Crippen LogP contribution >= 0.6 is 23.1 Å². The molecule has 1 amide bonds. The van der Waals surface area contributed by atoms with Gasteiger partial charge in [-0.15, -0.1) is 11.3 Å². The van der Waals surface area contributed by atoms with Gasteiger partial charge in [0.05, 0.1) is 48.0 Å². The molecule has 9 nitrogen and oxygen atoms in total. The molecule has 1 saturated heterocycles. The van der Waals surface area contributed by atoms with Gasteiger partial charge >= 0.3 is 5.97 Å². The largest absolute Gasteiger partial charge is 0.466 e. The number of fused-ring (bicyclic) bond motifs is 1. The number of carbonyl (C=O) groups excluding carboxylic acids is 2. The number of ether oxygens (including phenoxy) is 2. The van der Waals surface area contributed by atoms with Crippen LogP contribution in [-0.4, -0.2) is 51.5 Å². The van der Waals surface area contributed by atoms with Crippen molar-refractivity contribution in [3.05, 3.63) is 45.7 Å². The molecule has 0 radical (unpaired) electrons. The maximum atomic E-state index is 13.1. The standard InChI is InChI=1S/C22H24N4O5S2/c1-2-30-19(28)10-14-12-32-21(23-14)25-18(27)13-33-22-24-17-8-4-3-7-16(17)20(29)26(22)11-15-6-5-9-31-15/h3-4,7-8,12,15H,2,5-6,9-11,13H2,1H3,(H,23,25,27). The normalized spacial score (nSPS) is 15.6. The molecule has 0 bridgehead atoms. The van der Waals surface area contributed by atoms with Crippen molar-refractivity contribution in [2.45, 2.75) is 44.0 Å². The molecule has 0 saturated carbocycles. The minimum atomic E-state index is -0.358. The van der Waals surface area contributed by atoms with E-state index in [4.69, 9.17) is 9.47 Å². The van der Waals surface area contributed by atoms with Gasteiger partial charge < -0.3 is 14.8 Å². The summed E-state index contributed by atoms with van der Waals surface area (Å²) in [6.07, 6.45) is 1.89. The highest BCUT2D eigenvalue weighted by Gasteiger charge is 2.21. The number of thioether (sulfide) groups is 1. The fourth-order valence-corrected chi connectivity index (χ4v) is 5.04. The molecule has 4 rings (SSSR count). The Balaban J connectivity index is 1.45. The molecule has 1 fully saturated rings. The number of anilines is 1. The zero-order chi connectivity index (χ0) is 23.2. The molecule has 1 aromatic carbocycles. The minimum Gasteiger partial charge on any atom is -0.466 e. The lowest BCUT2D eigenvalue weighted by Gasteiger charge is -2.16. The highest BCUT2D eigenvalue weighted by atomic mass is 32.2. The zero-order valence-corrected chi connectivity index (χ0v) is 19.7. The van der Waals surface area contributed by atoms with E-state index in [0.717, 1.165) is 12.8 Å². The maximum absolute atomic E-state index is 13.1. The molecule has 0 aliphatic carbocycles. The van der Waals surface area contributed by atoms with Gasteiger partial charge in [0.25, 0.3) is 5.56 Å². The van der Waals surface area contributed by atoms with Crippen molar-refractivity contribution < 1.29 is 19.1 Å². The fraction of sp³-hybridized carbons (Fsp3) is 0.409. The van der Waals surface area contributed by atoms with E-state index < -0.39 is 0 Å². The quantitative estimate of drug-likeness (QED) is 0.278. The first-order valence-electron chi connectivity index (χ1n) is 10.7. The number of carbonyl (C=O) groups is 2. The van der Waals surface area contributed by atoms with E-state index in [-0.39, 0.29) is 35.7 Å². The first kappa shape index (κ1) is 23.4. The average Bonchev–Trinajstić information content (AvgIpc) is 3.47. The Morgan fingerprint density at radius 2 is 2.18 bits per heavy atom. The molecule has 1 aliphatic rings. The smallest absolute Gasteiger partial charge is 0.311 e. The lowest BCUT2D eigenvalue weighted by molar-refractivity contribution is -0.142. The summed E-state index contributed by atoms with van der Waals surface area (Å²) in [4.78, 5) is 46.1. The lowest BCUT2D eigenvalue weighted by Crippen LogP contribution is -2.29. The second-order valence-corrected chi connectivity index (χ2v) is 9.23. The summed E-state index contributed by atoms with van der Waals surface area (Å²) in [5.74, 6) is -0.575. The second-order valence-electron chi connectivity index (χ2n) is 7.42. The molecular weight excluding hydrogens is 464 g/mol. The van der Waals surface area contributed by atoms with Gasteiger partial charge in [0.1, 0.15) is 0 Å². The molecular formula is C22H24N4O5S2. The SMILES string of the molecule is CCOC(=O)Cc1csc(NC(=O)CSc2nc3ccccc3c(=O)n2CC2CCCO2)n1. The predicted molar refractivity (Wildman–Crippen MR) is 127 cm³/mol. The summed E-state index contributed by atoms with van der Waals surface area (Å²) in [6, 6.07) is 7.19. The van der Waals surface area contributed by atoms with Gasteiger partial charge in [0.2, 0.25) is 5.91 Å². The molecule has 11 heteroatoms. The van der Waals surface area contributed by atoms with Crippen LogP contribution in [-0.2, 0) is 32.0 Å². The predicted octanol–water partition coefficient (Wildman–Crippen LogP) is 2.87. The number of para-hydroxylation sites is 1. The first-order valence-corrected chi connectivity index (χ1v) is 12.5. The number of benzene rings is 1. The van der Waals surface area contributed by atoms with Crippen LogP contribution in [0.25, 0.3) is 10.9 Å². The van der Waals surface area contributed by atoms with Crippen LogP contribution in [0.1, 0.15) is 25.5 Å². The molecule has 3 aromatic rings. The molecule has 1 atom stereocenters. The Labute approximate surface area is 198 Å². The van der Waals surface area contributed by atoms with Crippen LogP contribution in [0.2, 0.25) is 0 Å². The van der Waals surface area contributed by atoms with E-state index in [9.17, 15) is 14.4 Å².